The van der Waals surface area contributed by atoms with E-state index in [0.29, 0.717) is 12.2 Å². The molecule has 150 valence electrons. The summed E-state index contributed by atoms with van der Waals surface area (Å²) in [4.78, 5) is 23.8. The molecule has 1 aromatic carbocycles. The van der Waals surface area contributed by atoms with E-state index in [1.807, 2.05) is 0 Å². The van der Waals surface area contributed by atoms with E-state index >= 15 is 0 Å². The second-order valence-corrected chi connectivity index (χ2v) is 8.36. The van der Waals surface area contributed by atoms with Crippen molar-refractivity contribution < 1.29 is 27.1 Å². The SMILES string of the molecule is CS(=O)(=O)NCC(=O)N[C@@H]1CCC[C@@H](NC(=O)COc2ccc(F)cc2)C1. The van der Waals surface area contributed by atoms with Gasteiger partial charge in [0, 0.05) is 12.1 Å². The van der Waals surface area contributed by atoms with Crippen LogP contribution in [0.4, 0.5) is 4.39 Å². The Morgan fingerprint density at radius 1 is 1.11 bits per heavy atom. The summed E-state index contributed by atoms with van der Waals surface area (Å²) < 4.78 is 42.3. The van der Waals surface area contributed by atoms with Gasteiger partial charge in [-0.15, -0.1) is 0 Å². The van der Waals surface area contributed by atoms with Crippen molar-refractivity contribution in [1.29, 1.82) is 0 Å². The molecule has 8 nitrogen and oxygen atoms in total. The number of rotatable bonds is 8. The first kappa shape index (κ1) is 21.1. The Morgan fingerprint density at radius 2 is 1.70 bits per heavy atom. The molecule has 2 rings (SSSR count). The first-order chi connectivity index (χ1) is 12.7. The van der Waals surface area contributed by atoms with Crippen LogP contribution in [0.25, 0.3) is 0 Å². The van der Waals surface area contributed by atoms with Crippen LogP contribution in [-0.2, 0) is 19.6 Å². The Hall–Kier alpha value is -2.20. The van der Waals surface area contributed by atoms with Crippen LogP contribution in [0.2, 0.25) is 0 Å². The van der Waals surface area contributed by atoms with Gasteiger partial charge < -0.3 is 15.4 Å². The van der Waals surface area contributed by atoms with Crippen molar-refractivity contribution in [2.75, 3.05) is 19.4 Å². The number of nitrogens with one attached hydrogen (secondary N) is 3. The van der Waals surface area contributed by atoms with Crippen molar-refractivity contribution in [2.24, 2.45) is 0 Å². The monoisotopic (exact) mass is 401 g/mol. The number of amides is 2. The maximum Gasteiger partial charge on any atom is 0.258 e. The molecule has 1 aliphatic rings. The van der Waals surface area contributed by atoms with Gasteiger partial charge in [0.1, 0.15) is 11.6 Å². The predicted octanol–water partition coefficient (Wildman–Crippen LogP) is 0.297. The topological polar surface area (TPSA) is 114 Å². The summed E-state index contributed by atoms with van der Waals surface area (Å²) in [5.41, 5.74) is 0. The van der Waals surface area contributed by atoms with Crippen LogP contribution in [0.3, 0.4) is 0 Å². The maximum atomic E-state index is 12.8. The molecule has 3 N–H and O–H groups in total. The quantitative estimate of drug-likeness (QED) is 0.580. The molecule has 27 heavy (non-hydrogen) atoms. The minimum absolute atomic E-state index is 0.101. The Labute approximate surface area is 157 Å². The lowest BCUT2D eigenvalue weighted by atomic mass is 9.91. The summed E-state index contributed by atoms with van der Waals surface area (Å²) in [5, 5.41) is 5.63. The molecule has 1 aliphatic carbocycles. The highest BCUT2D eigenvalue weighted by atomic mass is 32.2. The first-order valence-corrected chi connectivity index (χ1v) is 10.5. The molecule has 0 saturated heterocycles. The number of carbonyl (C=O) groups is 2. The second kappa shape index (κ2) is 9.65. The van der Waals surface area contributed by atoms with Gasteiger partial charge in [-0.3, -0.25) is 9.59 Å². The minimum atomic E-state index is -3.42. The molecule has 2 amide bonds. The number of benzene rings is 1. The summed E-state index contributed by atoms with van der Waals surface area (Å²) in [5.74, 6) is -0.681. The smallest absolute Gasteiger partial charge is 0.258 e. The van der Waals surface area contributed by atoms with Crippen molar-refractivity contribution in [2.45, 2.75) is 37.8 Å². The highest BCUT2D eigenvalue weighted by Gasteiger charge is 2.24. The lowest BCUT2D eigenvalue weighted by molar-refractivity contribution is -0.124. The van der Waals surface area contributed by atoms with E-state index in [4.69, 9.17) is 4.74 Å². The molecule has 0 heterocycles. The van der Waals surface area contributed by atoms with Gasteiger partial charge >= 0.3 is 0 Å². The zero-order chi connectivity index (χ0) is 19.9. The molecule has 1 aromatic rings. The van der Waals surface area contributed by atoms with E-state index < -0.39 is 15.9 Å². The van der Waals surface area contributed by atoms with Crippen LogP contribution >= 0.6 is 0 Å². The molecule has 1 fully saturated rings. The number of carbonyl (C=O) groups excluding carboxylic acids is 2. The van der Waals surface area contributed by atoms with Gasteiger partial charge in [-0.2, -0.15) is 0 Å². The Morgan fingerprint density at radius 3 is 2.30 bits per heavy atom. The van der Waals surface area contributed by atoms with E-state index in [1.54, 1.807) is 0 Å². The van der Waals surface area contributed by atoms with Gasteiger partial charge in [0.2, 0.25) is 15.9 Å². The summed E-state index contributed by atoms with van der Waals surface area (Å²) in [6.45, 7) is -0.491. The van der Waals surface area contributed by atoms with E-state index in [-0.39, 0.29) is 37.0 Å². The molecule has 0 unspecified atom stereocenters. The average Bonchev–Trinajstić information content (AvgIpc) is 2.59. The Balaban J connectivity index is 1.72. The number of ether oxygens (including phenoxy) is 1. The molecular formula is C17H24FN3O5S. The van der Waals surface area contributed by atoms with E-state index in [0.717, 1.165) is 25.5 Å². The third-order valence-corrected chi connectivity index (χ3v) is 4.75. The van der Waals surface area contributed by atoms with E-state index in [9.17, 15) is 22.4 Å². The van der Waals surface area contributed by atoms with Crippen LogP contribution < -0.4 is 20.1 Å². The van der Waals surface area contributed by atoms with Gasteiger partial charge in [0.25, 0.3) is 5.91 Å². The molecule has 10 heteroatoms. The van der Waals surface area contributed by atoms with Gasteiger partial charge in [-0.05, 0) is 49.9 Å². The standard InChI is InChI=1S/C17H24FN3O5S/c1-27(24,25)19-10-16(22)20-13-3-2-4-14(9-13)21-17(23)11-26-15-7-5-12(18)6-8-15/h5-8,13-14,19H,2-4,9-11H2,1H3,(H,20,22)(H,21,23)/t13-,14-/m1/s1. The van der Waals surface area contributed by atoms with Crippen molar-refractivity contribution in [3.05, 3.63) is 30.1 Å². The summed E-state index contributed by atoms with van der Waals surface area (Å²) in [6.07, 6.45) is 3.93. The van der Waals surface area contributed by atoms with Crippen molar-refractivity contribution in [3.8, 4) is 5.75 Å². The molecule has 0 radical (unpaired) electrons. The fourth-order valence-electron chi connectivity index (χ4n) is 2.88. The molecular weight excluding hydrogens is 377 g/mol. The van der Waals surface area contributed by atoms with Gasteiger partial charge in [-0.1, -0.05) is 0 Å². The number of halogens is 1. The highest BCUT2D eigenvalue weighted by Crippen LogP contribution is 2.18. The highest BCUT2D eigenvalue weighted by molar-refractivity contribution is 7.88. The lowest BCUT2D eigenvalue weighted by Crippen LogP contribution is -2.48. The maximum absolute atomic E-state index is 12.8. The third-order valence-electron chi connectivity index (χ3n) is 4.08. The number of hydrogen-bond acceptors (Lipinski definition) is 5. The van der Waals surface area contributed by atoms with Crippen molar-refractivity contribution >= 4 is 21.8 Å². The summed E-state index contributed by atoms with van der Waals surface area (Å²) >= 11 is 0. The Bertz CT molecular complexity index is 754. The van der Waals surface area contributed by atoms with Crippen LogP contribution in [0.15, 0.2) is 24.3 Å². The zero-order valence-electron chi connectivity index (χ0n) is 15.0. The molecule has 1 saturated carbocycles. The van der Waals surface area contributed by atoms with Crippen molar-refractivity contribution in [3.63, 3.8) is 0 Å². The molecule has 0 aliphatic heterocycles. The molecule has 0 spiro atoms. The van der Waals surface area contributed by atoms with Gasteiger partial charge in [-0.25, -0.2) is 17.5 Å². The first-order valence-electron chi connectivity index (χ1n) is 8.63. The van der Waals surface area contributed by atoms with E-state index in [1.165, 1.54) is 24.3 Å². The predicted molar refractivity (Wildman–Crippen MR) is 97.1 cm³/mol. The molecule has 0 aromatic heterocycles. The van der Waals surface area contributed by atoms with Crippen LogP contribution in [0.5, 0.6) is 5.75 Å². The fraction of sp³-hybridized carbons (Fsp3) is 0.529. The van der Waals surface area contributed by atoms with Crippen LogP contribution in [0.1, 0.15) is 25.7 Å². The molecule has 2 atom stereocenters. The van der Waals surface area contributed by atoms with Crippen molar-refractivity contribution in [1.82, 2.24) is 15.4 Å². The average molecular weight is 401 g/mol. The normalized spacial score (nSPS) is 19.9. The van der Waals surface area contributed by atoms with Gasteiger partial charge in [0.05, 0.1) is 12.8 Å². The molecule has 0 bridgehead atoms. The fourth-order valence-corrected chi connectivity index (χ4v) is 3.27. The lowest BCUT2D eigenvalue weighted by Gasteiger charge is -2.30. The number of sulfonamides is 1. The minimum Gasteiger partial charge on any atom is -0.484 e. The van der Waals surface area contributed by atoms with Crippen LogP contribution in [-0.4, -0.2) is 51.7 Å². The largest absolute Gasteiger partial charge is 0.484 e. The Kier molecular flexibility index (Phi) is 7.55. The summed E-state index contributed by atoms with van der Waals surface area (Å²) in [7, 11) is -3.42. The zero-order valence-corrected chi connectivity index (χ0v) is 15.9. The number of hydrogen-bond donors (Lipinski definition) is 3. The second-order valence-electron chi connectivity index (χ2n) is 6.53. The van der Waals surface area contributed by atoms with Gasteiger partial charge in [0.15, 0.2) is 6.61 Å². The van der Waals surface area contributed by atoms with E-state index in [2.05, 4.69) is 15.4 Å². The summed E-state index contributed by atoms with van der Waals surface area (Å²) in [6, 6.07) is 5.16. The van der Waals surface area contributed by atoms with Crippen LogP contribution in [0, 0.1) is 5.82 Å². The third kappa shape index (κ3) is 8.35.